The van der Waals surface area contributed by atoms with Crippen molar-refractivity contribution >= 4 is 46.4 Å². The highest BCUT2D eigenvalue weighted by Gasteiger charge is 2.10. The third kappa shape index (κ3) is 6.13. The average molecular weight is 356 g/mol. The third-order valence-electron chi connectivity index (χ3n) is 1.95. The fraction of sp³-hybridized carbons (Fsp3) is 0.231. The summed E-state index contributed by atoms with van der Waals surface area (Å²) in [4.78, 5) is 0. The van der Waals surface area contributed by atoms with Crippen LogP contribution in [0.15, 0.2) is 22.7 Å². The Labute approximate surface area is 137 Å². The van der Waals surface area contributed by atoms with Gasteiger partial charge in [-0.25, -0.2) is 0 Å². The van der Waals surface area contributed by atoms with Crippen LogP contribution in [0.1, 0.15) is 0 Å². The van der Waals surface area contributed by atoms with Gasteiger partial charge in [0.15, 0.2) is 5.75 Å². The first-order valence-corrected chi connectivity index (χ1v) is 6.88. The molecular formula is C13H10Cl4O3. The average Bonchev–Trinajstić information content (AvgIpc) is 2.36. The van der Waals surface area contributed by atoms with E-state index in [1.807, 2.05) is 0 Å². The van der Waals surface area contributed by atoms with Gasteiger partial charge in [-0.3, -0.25) is 0 Å². The van der Waals surface area contributed by atoms with Gasteiger partial charge in [0.1, 0.15) is 30.1 Å². The summed E-state index contributed by atoms with van der Waals surface area (Å²) in [5.74, 6) is 5.80. The highest BCUT2D eigenvalue weighted by atomic mass is 35.5. The molecule has 0 bridgehead atoms. The maximum absolute atomic E-state index is 8.51. The maximum Gasteiger partial charge on any atom is 0.158 e. The zero-order chi connectivity index (χ0) is 15.0. The minimum absolute atomic E-state index is 0.0742. The van der Waals surface area contributed by atoms with Gasteiger partial charge in [0, 0.05) is 12.1 Å². The second-order valence-electron chi connectivity index (χ2n) is 3.32. The van der Waals surface area contributed by atoms with Crippen molar-refractivity contribution in [2.45, 2.75) is 0 Å². The van der Waals surface area contributed by atoms with Crippen LogP contribution in [0.5, 0.6) is 11.5 Å². The second-order valence-corrected chi connectivity index (χ2v) is 5.14. The Morgan fingerprint density at radius 1 is 1.15 bits per heavy atom. The normalized spacial score (nSPS) is 9.45. The van der Waals surface area contributed by atoms with Crippen LogP contribution in [-0.2, 0) is 0 Å². The van der Waals surface area contributed by atoms with Gasteiger partial charge in [0.25, 0.3) is 0 Å². The van der Waals surface area contributed by atoms with Gasteiger partial charge >= 0.3 is 0 Å². The van der Waals surface area contributed by atoms with E-state index < -0.39 is 0 Å². The van der Waals surface area contributed by atoms with Gasteiger partial charge in [0.2, 0.25) is 0 Å². The summed E-state index contributed by atoms with van der Waals surface area (Å²) in [6.07, 6.45) is 1.49. The van der Waals surface area contributed by atoms with Crippen molar-refractivity contribution in [1.29, 1.82) is 0 Å². The molecule has 0 saturated carbocycles. The molecule has 0 aliphatic heterocycles. The van der Waals surface area contributed by atoms with Gasteiger partial charge in [-0.1, -0.05) is 58.2 Å². The molecule has 7 heteroatoms. The number of ether oxygens (including phenoxy) is 2. The van der Waals surface area contributed by atoms with Crippen LogP contribution in [-0.4, -0.2) is 24.9 Å². The maximum atomic E-state index is 8.51. The van der Waals surface area contributed by atoms with Crippen LogP contribution in [0.3, 0.4) is 0 Å². The molecule has 1 aromatic rings. The van der Waals surface area contributed by atoms with Crippen LogP contribution in [0.25, 0.3) is 0 Å². The summed E-state index contributed by atoms with van der Waals surface area (Å²) in [5.41, 5.74) is 0. The van der Waals surface area contributed by atoms with Gasteiger partial charge < -0.3 is 14.6 Å². The number of hydrogen-bond acceptors (Lipinski definition) is 3. The first kappa shape index (κ1) is 17.3. The lowest BCUT2D eigenvalue weighted by atomic mass is 10.3. The first-order chi connectivity index (χ1) is 9.54. The third-order valence-corrected chi connectivity index (χ3v) is 2.82. The Morgan fingerprint density at radius 3 is 2.35 bits per heavy atom. The van der Waals surface area contributed by atoms with Crippen LogP contribution < -0.4 is 9.47 Å². The zero-order valence-corrected chi connectivity index (χ0v) is 13.2. The second kappa shape index (κ2) is 9.23. The van der Waals surface area contributed by atoms with Gasteiger partial charge in [-0.05, 0) is 6.08 Å². The summed E-state index contributed by atoms with van der Waals surface area (Å²) in [7, 11) is 0. The van der Waals surface area contributed by atoms with E-state index in [1.165, 1.54) is 6.08 Å². The summed E-state index contributed by atoms with van der Waals surface area (Å²) < 4.78 is 10.8. The molecule has 1 aromatic carbocycles. The summed E-state index contributed by atoms with van der Waals surface area (Å²) >= 11 is 23.0. The van der Waals surface area contributed by atoms with Crippen molar-refractivity contribution in [2.75, 3.05) is 19.8 Å². The number of halogens is 4. The molecule has 108 valence electrons. The number of hydrogen-bond donors (Lipinski definition) is 1. The quantitative estimate of drug-likeness (QED) is 0.809. The summed E-state index contributed by atoms with van der Waals surface area (Å²) in [6, 6.07) is 3.11. The smallest absolute Gasteiger partial charge is 0.158 e. The Morgan fingerprint density at radius 2 is 1.80 bits per heavy atom. The summed E-state index contributed by atoms with van der Waals surface area (Å²) in [6.45, 7) is 0.0379. The van der Waals surface area contributed by atoms with Crippen molar-refractivity contribution in [3.8, 4) is 23.3 Å². The first-order valence-electron chi connectivity index (χ1n) is 5.37. The molecule has 0 heterocycles. The molecule has 3 nitrogen and oxygen atoms in total. The van der Waals surface area contributed by atoms with E-state index in [2.05, 4.69) is 11.8 Å². The van der Waals surface area contributed by atoms with Crippen LogP contribution in [0.2, 0.25) is 10.0 Å². The van der Waals surface area contributed by atoms with E-state index in [1.54, 1.807) is 12.1 Å². The Bertz CT molecular complexity index is 519. The van der Waals surface area contributed by atoms with Crippen LogP contribution >= 0.6 is 46.4 Å². The highest BCUT2D eigenvalue weighted by molar-refractivity contribution is 6.55. The van der Waals surface area contributed by atoms with E-state index >= 15 is 0 Å². The summed E-state index contributed by atoms with van der Waals surface area (Å²) in [5, 5.41) is 9.09. The predicted octanol–water partition coefficient (Wildman–Crippen LogP) is 4.07. The standard InChI is InChI=1S/C13H10Cl4O3/c14-10-7-9(19-6-3-12(16)17)8-11(15)13(10)20-5-2-1-4-18/h3,7-8,18H,4-6H2. The molecule has 0 fully saturated rings. The molecule has 0 amide bonds. The molecule has 0 aromatic heterocycles. The SMILES string of the molecule is OCC#CCOc1c(Cl)cc(OCC=C(Cl)Cl)cc1Cl. The fourth-order valence-electron chi connectivity index (χ4n) is 1.17. The molecule has 0 aliphatic carbocycles. The lowest BCUT2D eigenvalue weighted by Crippen LogP contribution is -1.98. The monoisotopic (exact) mass is 354 g/mol. The van der Waals surface area contributed by atoms with E-state index in [4.69, 9.17) is 61.0 Å². The van der Waals surface area contributed by atoms with Crippen molar-refractivity contribution in [3.05, 3.63) is 32.7 Å². The highest BCUT2D eigenvalue weighted by Crippen LogP contribution is 2.36. The number of aliphatic hydroxyl groups excluding tert-OH is 1. The van der Waals surface area contributed by atoms with Crippen molar-refractivity contribution in [2.24, 2.45) is 0 Å². The predicted molar refractivity (Wildman–Crippen MR) is 82.1 cm³/mol. The molecular weight excluding hydrogens is 346 g/mol. The van der Waals surface area contributed by atoms with E-state index in [0.29, 0.717) is 21.5 Å². The van der Waals surface area contributed by atoms with E-state index in [9.17, 15) is 0 Å². The molecule has 1 rings (SSSR count). The van der Waals surface area contributed by atoms with Crippen LogP contribution in [0.4, 0.5) is 0 Å². The molecule has 0 atom stereocenters. The van der Waals surface area contributed by atoms with Gasteiger partial charge in [0.05, 0.1) is 10.0 Å². The number of aliphatic hydroxyl groups is 1. The fourth-order valence-corrected chi connectivity index (χ4v) is 1.88. The Balaban J connectivity index is 2.73. The molecule has 0 aliphatic rings. The van der Waals surface area contributed by atoms with Crippen molar-refractivity contribution < 1.29 is 14.6 Å². The van der Waals surface area contributed by atoms with Crippen molar-refractivity contribution in [1.82, 2.24) is 0 Å². The largest absolute Gasteiger partial charge is 0.489 e. The Kier molecular flexibility index (Phi) is 7.98. The van der Waals surface area contributed by atoms with Crippen molar-refractivity contribution in [3.63, 3.8) is 0 Å². The minimum Gasteiger partial charge on any atom is -0.489 e. The topological polar surface area (TPSA) is 38.7 Å². The number of benzene rings is 1. The minimum atomic E-state index is -0.228. The molecule has 0 unspecified atom stereocenters. The van der Waals surface area contributed by atoms with Gasteiger partial charge in [-0.15, -0.1) is 0 Å². The molecule has 0 radical (unpaired) electrons. The lowest BCUT2D eigenvalue weighted by molar-refractivity contribution is 0.347. The molecule has 20 heavy (non-hydrogen) atoms. The van der Waals surface area contributed by atoms with Gasteiger partial charge in [-0.2, -0.15) is 0 Å². The van der Waals surface area contributed by atoms with Crippen LogP contribution in [0, 0.1) is 11.8 Å². The molecule has 0 saturated heterocycles. The van der Waals surface area contributed by atoms with E-state index in [0.717, 1.165) is 0 Å². The Hall–Kier alpha value is -0.760. The number of rotatable bonds is 5. The molecule has 1 N–H and O–H groups in total. The zero-order valence-electron chi connectivity index (χ0n) is 10.1. The molecule has 0 spiro atoms. The lowest BCUT2D eigenvalue weighted by Gasteiger charge is -2.10. The van der Waals surface area contributed by atoms with E-state index in [-0.39, 0.29) is 24.3 Å².